The summed E-state index contributed by atoms with van der Waals surface area (Å²) in [4.78, 5) is 4.70. The molecule has 0 aliphatic carbocycles. The molecule has 2 fully saturated rings. The molecule has 130 valence electrons. The van der Waals surface area contributed by atoms with Crippen LogP contribution in [0.15, 0.2) is 18.2 Å². The number of hydrogen-bond donors (Lipinski definition) is 1. The molecule has 2 saturated heterocycles. The summed E-state index contributed by atoms with van der Waals surface area (Å²) in [6, 6.07) is 7.82. The topological polar surface area (TPSA) is 59.7 Å². The van der Waals surface area contributed by atoms with Crippen molar-refractivity contribution in [3.8, 4) is 11.8 Å². The molecule has 0 bridgehead atoms. The molecule has 1 spiro atoms. The van der Waals surface area contributed by atoms with Crippen LogP contribution in [0.25, 0.3) is 0 Å². The lowest BCUT2D eigenvalue weighted by Crippen LogP contribution is -2.52. The van der Waals surface area contributed by atoms with Gasteiger partial charge in [-0.1, -0.05) is 0 Å². The van der Waals surface area contributed by atoms with Crippen LogP contribution < -0.4 is 4.74 Å². The molecule has 3 rings (SSSR count). The Kier molecular flexibility index (Phi) is 5.09. The van der Waals surface area contributed by atoms with Gasteiger partial charge in [0.25, 0.3) is 0 Å². The normalized spacial score (nSPS) is 24.7. The number of aliphatic hydroxyl groups excluding tert-OH is 1. The number of β-amino-alcohol motifs (C(OH)–C–C–N with tert-alkyl or cyclic N) is 1. The van der Waals surface area contributed by atoms with E-state index in [0.717, 1.165) is 63.3 Å². The molecular formula is C19H27N3O2. The third-order valence-corrected chi connectivity index (χ3v) is 5.52. The van der Waals surface area contributed by atoms with Crippen molar-refractivity contribution in [2.45, 2.75) is 31.9 Å². The van der Waals surface area contributed by atoms with Crippen molar-refractivity contribution in [1.82, 2.24) is 9.80 Å². The Morgan fingerprint density at radius 1 is 1.38 bits per heavy atom. The van der Waals surface area contributed by atoms with Gasteiger partial charge in [0.05, 0.1) is 24.8 Å². The maximum atomic E-state index is 10.1. The second-order valence-corrected chi connectivity index (χ2v) is 7.47. The maximum Gasteiger partial charge on any atom is 0.123 e. The van der Waals surface area contributed by atoms with Crippen molar-refractivity contribution in [2.75, 3.05) is 40.3 Å². The van der Waals surface area contributed by atoms with E-state index < -0.39 is 0 Å². The number of likely N-dealkylation sites (tertiary alicyclic amines) is 2. The average molecular weight is 329 g/mol. The van der Waals surface area contributed by atoms with Gasteiger partial charge in [0.15, 0.2) is 0 Å². The third kappa shape index (κ3) is 3.72. The molecule has 0 radical (unpaired) electrons. The summed E-state index contributed by atoms with van der Waals surface area (Å²) in [6.45, 7) is 4.75. The lowest BCUT2D eigenvalue weighted by atomic mass is 9.71. The van der Waals surface area contributed by atoms with E-state index in [1.807, 2.05) is 12.1 Å². The maximum absolute atomic E-state index is 10.1. The smallest absolute Gasteiger partial charge is 0.123 e. The number of nitrogens with zero attached hydrogens (tertiary/aromatic N) is 3. The van der Waals surface area contributed by atoms with Gasteiger partial charge in [0, 0.05) is 25.2 Å². The highest BCUT2D eigenvalue weighted by Crippen LogP contribution is 2.40. The largest absolute Gasteiger partial charge is 0.496 e. The quantitative estimate of drug-likeness (QED) is 0.917. The molecule has 0 amide bonds. The lowest BCUT2D eigenvalue weighted by Gasteiger charge is -2.48. The fraction of sp³-hybridized carbons (Fsp3) is 0.632. The molecule has 1 aromatic rings. The number of piperidine rings is 2. The highest BCUT2D eigenvalue weighted by atomic mass is 16.5. The first-order valence-corrected chi connectivity index (χ1v) is 8.69. The number of likely N-dealkylation sites (N-methyl/N-ethyl adjacent to an activating group) is 1. The van der Waals surface area contributed by atoms with E-state index in [1.165, 1.54) is 0 Å². The molecule has 1 atom stereocenters. The minimum absolute atomic E-state index is 0.192. The van der Waals surface area contributed by atoms with Crippen LogP contribution >= 0.6 is 0 Å². The number of hydrogen-bond acceptors (Lipinski definition) is 5. The van der Waals surface area contributed by atoms with Gasteiger partial charge in [-0.05, 0) is 63.0 Å². The zero-order valence-electron chi connectivity index (χ0n) is 14.7. The molecule has 2 aliphatic rings. The van der Waals surface area contributed by atoms with Crippen molar-refractivity contribution in [1.29, 1.82) is 5.26 Å². The first-order valence-electron chi connectivity index (χ1n) is 8.69. The van der Waals surface area contributed by atoms with Crippen molar-refractivity contribution >= 4 is 0 Å². The summed E-state index contributed by atoms with van der Waals surface area (Å²) in [5.41, 5.74) is 2.02. The van der Waals surface area contributed by atoms with E-state index in [0.29, 0.717) is 5.56 Å². The summed E-state index contributed by atoms with van der Waals surface area (Å²) in [7, 11) is 3.78. The minimum atomic E-state index is -0.192. The summed E-state index contributed by atoms with van der Waals surface area (Å²) < 4.78 is 5.45. The van der Waals surface area contributed by atoms with Crippen molar-refractivity contribution in [2.24, 2.45) is 5.41 Å². The molecule has 0 aromatic heterocycles. The van der Waals surface area contributed by atoms with Crippen LogP contribution in [0.4, 0.5) is 0 Å². The van der Waals surface area contributed by atoms with E-state index in [2.05, 4.69) is 22.9 Å². The van der Waals surface area contributed by atoms with Crippen LogP contribution in [-0.2, 0) is 6.54 Å². The second kappa shape index (κ2) is 7.10. The zero-order valence-corrected chi connectivity index (χ0v) is 14.7. The predicted molar refractivity (Wildman–Crippen MR) is 92.8 cm³/mol. The summed E-state index contributed by atoms with van der Waals surface area (Å²) in [5, 5.41) is 19.2. The van der Waals surface area contributed by atoms with E-state index in [1.54, 1.807) is 13.2 Å². The summed E-state index contributed by atoms with van der Waals surface area (Å²) in [5.74, 6) is 0.849. The number of aliphatic hydroxyl groups is 1. The van der Waals surface area contributed by atoms with Gasteiger partial charge in [0.2, 0.25) is 0 Å². The van der Waals surface area contributed by atoms with Crippen LogP contribution in [0.5, 0.6) is 5.75 Å². The van der Waals surface area contributed by atoms with E-state index >= 15 is 0 Å². The molecule has 1 aromatic carbocycles. The molecule has 5 nitrogen and oxygen atoms in total. The number of nitriles is 1. The average Bonchev–Trinajstić information content (AvgIpc) is 2.56. The standard InChI is InChI=1S/C19H27N3O2/c1-21-13-17(23)10-19(14-21)5-7-22(8-6-19)12-16-9-15(11-20)3-4-18(16)24-2/h3-4,9,17,23H,5-8,10,12-14H2,1-2H3. The van der Waals surface area contributed by atoms with Gasteiger partial charge in [-0.25, -0.2) is 0 Å². The van der Waals surface area contributed by atoms with Gasteiger partial charge >= 0.3 is 0 Å². The first-order chi connectivity index (χ1) is 11.5. The molecule has 2 heterocycles. The Labute approximate surface area is 144 Å². The van der Waals surface area contributed by atoms with E-state index in [4.69, 9.17) is 10.00 Å². The second-order valence-electron chi connectivity index (χ2n) is 7.47. The molecule has 24 heavy (non-hydrogen) atoms. The number of methoxy groups -OCH3 is 1. The molecule has 1 unspecified atom stereocenters. The number of rotatable bonds is 3. The molecule has 0 saturated carbocycles. The van der Waals surface area contributed by atoms with Gasteiger partial charge in [-0.3, -0.25) is 4.90 Å². The molecule has 2 aliphatic heterocycles. The third-order valence-electron chi connectivity index (χ3n) is 5.52. The minimum Gasteiger partial charge on any atom is -0.496 e. The van der Waals surface area contributed by atoms with Crippen LogP contribution in [-0.4, -0.2) is 61.3 Å². The van der Waals surface area contributed by atoms with Gasteiger partial charge in [-0.15, -0.1) is 0 Å². The predicted octanol–water partition coefficient (Wildman–Crippen LogP) is 1.85. The highest BCUT2D eigenvalue weighted by molar-refractivity contribution is 5.42. The Morgan fingerprint density at radius 2 is 2.12 bits per heavy atom. The molecular weight excluding hydrogens is 302 g/mol. The Hall–Kier alpha value is -1.61. The summed E-state index contributed by atoms with van der Waals surface area (Å²) >= 11 is 0. The number of ether oxygens (including phenoxy) is 1. The van der Waals surface area contributed by atoms with E-state index in [-0.39, 0.29) is 11.5 Å². The first kappa shape index (κ1) is 17.2. The van der Waals surface area contributed by atoms with Crippen molar-refractivity contribution in [3.63, 3.8) is 0 Å². The van der Waals surface area contributed by atoms with E-state index in [9.17, 15) is 5.11 Å². The van der Waals surface area contributed by atoms with Gasteiger partial charge in [-0.2, -0.15) is 5.26 Å². The SMILES string of the molecule is COc1ccc(C#N)cc1CN1CCC2(CC1)CC(O)CN(C)C2. The van der Waals surface area contributed by atoms with Gasteiger partial charge < -0.3 is 14.7 Å². The van der Waals surface area contributed by atoms with Crippen LogP contribution in [0.1, 0.15) is 30.4 Å². The van der Waals surface area contributed by atoms with Crippen LogP contribution in [0, 0.1) is 16.7 Å². The number of benzene rings is 1. The highest BCUT2D eigenvalue weighted by Gasteiger charge is 2.40. The molecule has 5 heteroatoms. The zero-order chi connectivity index (χ0) is 17.2. The van der Waals surface area contributed by atoms with Crippen molar-refractivity contribution < 1.29 is 9.84 Å². The fourth-order valence-electron chi connectivity index (χ4n) is 4.39. The van der Waals surface area contributed by atoms with Crippen LogP contribution in [0.3, 0.4) is 0 Å². The Balaban J connectivity index is 1.65. The van der Waals surface area contributed by atoms with Crippen LogP contribution in [0.2, 0.25) is 0 Å². The lowest BCUT2D eigenvalue weighted by molar-refractivity contribution is -0.0331. The van der Waals surface area contributed by atoms with Crippen molar-refractivity contribution in [3.05, 3.63) is 29.3 Å². The Morgan fingerprint density at radius 3 is 2.75 bits per heavy atom. The van der Waals surface area contributed by atoms with Gasteiger partial charge in [0.1, 0.15) is 5.75 Å². The monoisotopic (exact) mass is 329 g/mol. The Bertz CT molecular complexity index is 606. The summed E-state index contributed by atoms with van der Waals surface area (Å²) in [6.07, 6.45) is 2.98. The fourth-order valence-corrected chi connectivity index (χ4v) is 4.39. The molecule has 1 N–H and O–H groups in total.